The normalized spacial score (nSPS) is 12.2. The molecule has 1 aromatic carbocycles. The van der Waals surface area contributed by atoms with Crippen molar-refractivity contribution >= 4 is 28.5 Å². The molecule has 0 radical (unpaired) electrons. The number of aliphatic carboxylic acids is 1. The number of hydrogen-bond donors (Lipinski definition) is 1. The van der Waals surface area contributed by atoms with E-state index in [0.717, 1.165) is 0 Å². The van der Waals surface area contributed by atoms with Crippen molar-refractivity contribution in [2.45, 2.75) is 19.4 Å². The van der Waals surface area contributed by atoms with Gasteiger partial charge in [-0.05, 0) is 12.5 Å². The van der Waals surface area contributed by atoms with E-state index in [1.165, 1.54) is 13.4 Å². The second kappa shape index (κ2) is 5.92. The first-order valence-corrected chi connectivity index (χ1v) is 6.32. The topological polar surface area (TPSA) is 81.5 Å². The molecule has 20 heavy (non-hydrogen) atoms. The van der Waals surface area contributed by atoms with Gasteiger partial charge in [0.1, 0.15) is 11.5 Å². The molecule has 1 heterocycles. The van der Waals surface area contributed by atoms with Gasteiger partial charge >= 0.3 is 5.97 Å². The summed E-state index contributed by atoms with van der Waals surface area (Å²) in [6, 6.07) is 3.22. The molecule has 1 unspecified atom stereocenters. The van der Waals surface area contributed by atoms with Gasteiger partial charge in [0.25, 0.3) is 0 Å². The van der Waals surface area contributed by atoms with Crippen LogP contribution < -0.4 is 9.47 Å². The molecule has 2 aromatic rings. The lowest BCUT2D eigenvalue weighted by Gasteiger charge is -2.16. The first-order chi connectivity index (χ1) is 9.56. The highest BCUT2D eigenvalue weighted by Crippen LogP contribution is 2.34. The Labute approximate surface area is 120 Å². The first kappa shape index (κ1) is 14.3. The first-order valence-electron chi connectivity index (χ1n) is 5.94. The fourth-order valence-corrected chi connectivity index (χ4v) is 1.94. The van der Waals surface area contributed by atoms with E-state index in [-0.39, 0.29) is 0 Å². The van der Waals surface area contributed by atoms with E-state index in [4.69, 9.17) is 26.2 Å². The van der Waals surface area contributed by atoms with E-state index in [1.807, 2.05) is 0 Å². The molecule has 0 aliphatic carbocycles. The third-order valence-electron chi connectivity index (χ3n) is 2.79. The van der Waals surface area contributed by atoms with Crippen LogP contribution in [0.25, 0.3) is 10.9 Å². The van der Waals surface area contributed by atoms with Crippen LogP contribution in [0.5, 0.6) is 11.5 Å². The SMILES string of the molecule is CCC(Oc1cc2ncnc(Cl)c2cc1OC)C(=O)O. The Balaban J connectivity index is 2.49. The maximum atomic E-state index is 11.0. The maximum absolute atomic E-state index is 11.0. The van der Waals surface area contributed by atoms with E-state index in [2.05, 4.69) is 9.97 Å². The van der Waals surface area contributed by atoms with E-state index in [1.54, 1.807) is 19.1 Å². The third kappa shape index (κ3) is 2.75. The number of hydrogen-bond acceptors (Lipinski definition) is 5. The van der Waals surface area contributed by atoms with Gasteiger partial charge in [-0.3, -0.25) is 0 Å². The Morgan fingerprint density at radius 1 is 1.40 bits per heavy atom. The standard InChI is InChI=1S/C13H13ClN2O4/c1-3-9(13(17)18)20-11-5-8-7(4-10(11)19-2)12(14)16-6-15-8/h4-6,9H,3H2,1-2H3,(H,17,18). The Hall–Kier alpha value is -2.08. The van der Waals surface area contributed by atoms with Crippen molar-refractivity contribution in [3.8, 4) is 11.5 Å². The van der Waals surface area contributed by atoms with E-state index in [9.17, 15) is 4.79 Å². The van der Waals surface area contributed by atoms with Crippen molar-refractivity contribution in [2.24, 2.45) is 0 Å². The number of fused-ring (bicyclic) bond motifs is 1. The van der Waals surface area contributed by atoms with Crippen LogP contribution in [0.4, 0.5) is 0 Å². The summed E-state index contributed by atoms with van der Waals surface area (Å²) in [5.74, 6) is -0.340. The predicted molar refractivity (Wildman–Crippen MR) is 73.4 cm³/mol. The van der Waals surface area contributed by atoms with Crippen LogP contribution in [-0.4, -0.2) is 34.3 Å². The summed E-state index contributed by atoms with van der Waals surface area (Å²) in [6.45, 7) is 1.73. The summed E-state index contributed by atoms with van der Waals surface area (Å²) < 4.78 is 10.7. The molecule has 0 saturated carbocycles. The molecule has 0 aliphatic heterocycles. The quantitative estimate of drug-likeness (QED) is 0.854. The zero-order valence-corrected chi connectivity index (χ0v) is 11.7. The molecule has 6 nitrogen and oxygen atoms in total. The Kier molecular flexibility index (Phi) is 4.24. The lowest BCUT2D eigenvalue weighted by atomic mass is 10.2. The summed E-state index contributed by atoms with van der Waals surface area (Å²) >= 11 is 5.98. The molecule has 0 aliphatic rings. The fourth-order valence-electron chi connectivity index (χ4n) is 1.75. The van der Waals surface area contributed by atoms with E-state index < -0.39 is 12.1 Å². The number of aromatic nitrogens is 2. The minimum atomic E-state index is -1.03. The smallest absolute Gasteiger partial charge is 0.344 e. The Morgan fingerprint density at radius 2 is 2.15 bits per heavy atom. The number of carboxylic acid groups (broad SMARTS) is 1. The Bertz CT molecular complexity index is 648. The molecule has 1 atom stereocenters. The molecule has 1 N–H and O–H groups in total. The highest BCUT2D eigenvalue weighted by Gasteiger charge is 2.20. The number of methoxy groups -OCH3 is 1. The zero-order valence-electron chi connectivity index (χ0n) is 11.0. The number of carbonyl (C=O) groups is 1. The lowest BCUT2D eigenvalue weighted by Crippen LogP contribution is -2.26. The summed E-state index contributed by atoms with van der Waals surface area (Å²) in [5, 5.41) is 9.95. The van der Waals surface area contributed by atoms with Crippen molar-refractivity contribution in [1.29, 1.82) is 0 Å². The molecule has 0 spiro atoms. The minimum absolute atomic E-state index is 0.296. The van der Waals surface area contributed by atoms with Gasteiger partial charge in [0.15, 0.2) is 17.6 Å². The van der Waals surface area contributed by atoms with Crippen LogP contribution in [0.2, 0.25) is 5.15 Å². The van der Waals surface area contributed by atoms with Crippen molar-refractivity contribution in [3.63, 3.8) is 0 Å². The molecule has 106 valence electrons. The van der Waals surface area contributed by atoms with Crippen LogP contribution >= 0.6 is 11.6 Å². The number of carboxylic acids is 1. The highest BCUT2D eigenvalue weighted by atomic mass is 35.5. The zero-order chi connectivity index (χ0) is 14.7. The molecule has 0 fully saturated rings. The number of benzene rings is 1. The molecule has 2 rings (SSSR count). The van der Waals surface area contributed by atoms with Gasteiger partial charge in [0.2, 0.25) is 0 Å². The van der Waals surface area contributed by atoms with Gasteiger partial charge in [0.05, 0.1) is 12.6 Å². The van der Waals surface area contributed by atoms with Crippen LogP contribution in [-0.2, 0) is 4.79 Å². The maximum Gasteiger partial charge on any atom is 0.344 e. The Morgan fingerprint density at radius 3 is 2.75 bits per heavy atom. The van der Waals surface area contributed by atoms with Gasteiger partial charge in [-0.25, -0.2) is 14.8 Å². The highest BCUT2D eigenvalue weighted by molar-refractivity contribution is 6.34. The summed E-state index contributed by atoms with van der Waals surface area (Å²) in [5.41, 5.74) is 0.557. The largest absolute Gasteiger partial charge is 0.493 e. The summed E-state index contributed by atoms with van der Waals surface area (Å²) in [7, 11) is 1.47. The second-order valence-electron chi connectivity index (χ2n) is 4.04. The van der Waals surface area contributed by atoms with Crippen LogP contribution in [0.1, 0.15) is 13.3 Å². The molecule has 0 saturated heterocycles. The number of rotatable bonds is 5. The number of ether oxygens (including phenoxy) is 2. The van der Waals surface area contributed by atoms with Crippen molar-refractivity contribution < 1.29 is 19.4 Å². The van der Waals surface area contributed by atoms with Crippen LogP contribution in [0.3, 0.4) is 0 Å². The third-order valence-corrected chi connectivity index (χ3v) is 3.09. The van der Waals surface area contributed by atoms with Gasteiger partial charge in [-0.2, -0.15) is 0 Å². The lowest BCUT2D eigenvalue weighted by molar-refractivity contribution is -0.145. The molecule has 0 bridgehead atoms. The average Bonchev–Trinajstić information content (AvgIpc) is 2.44. The van der Waals surface area contributed by atoms with Gasteiger partial charge in [-0.15, -0.1) is 0 Å². The fraction of sp³-hybridized carbons (Fsp3) is 0.308. The van der Waals surface area contributed by atoms with Crippen LogP contribution in [0.15, 0.2) is 18.5 Å². The second-order valence-corrected chi connectivity index (χ2v) is 4.40. The monoisotopic (exact) mass is 296 g/mol. The minimum Gasteiger partial charge on any atom is -0.493 e. The average molecular weight is 297 g/mol. The molecule has 0 amide bonds. The molecule has 7 heteroatoms. The molecule has 1 aromatic heterocycles. The van der Waals surface area contributed by atoms with Crippen LogP contribution in [0, 0.1) is 0 Å². The number of nitrogens with zero attached hydrogens (tertiary/aromatic N) is 2. The van der Waals surface area contributed by atoms with Crippen molar-refractivity contribution in [3.05, 3.63) is 23.6 Å². The van der Waals surface area contributed by atoms with Gasteiger partial charge in [-0.1, -0.05) is 18.5 Å². The van der Waals surface area contributed by atoms with Gasteiger partial charge < -0.3 is 14.6 Å². The van der Waals surface area contributed by atoms with E-state index >= 15 is 0 Å². The molecular formula is C13H13ClN2O4. The van der Waals surface area contributed by atoms with Crippen molar-refractivity contribution in [1.82, 2.24) is 9.97 Å². The molecular weight excluding hydrogens is 284 g/mol. The predicted octanol–water partition coefficient (Wildman–Crippen LogP) is 2.53. The number of halogens is 1. The van der Waals surface area contributed by atoms with Crippen molar-refractivity contribution in [2.75, 3.05) is 7.11 Å². The van der Waals surface area contributed by atoms with E-state index in [0.29, 0.717) is 34.0 Å². The van der Waals surface area contributed by atoms with Gasteiger partial charge in [0, 0.05) is 11.5 Å². The summed E-state index contributed by atoms with van der Waals surface area (Å²) in [6.07, 6.45) is 0.717. The summed E-state index contributed by atoms with van der Waals surface area (Å²) in [4.78, 5) is 19.0.